The molecule has 0 amide bonds. The van der Waals surface area contributed by atoms with E-state index in [4.69, 9.17) is 0 Å². The molecule has 2 nitrogen and oxygen atoms in total. The van der Waals surface area contributed by atoms with Gasteiger partial charge in [-0.05, 0) is 49.8 Å². The van der Waals surface area contributed by atoms with Gasteiger partial charge in [0.05, 0.1) is 0 Å². The fourth-order valence-corrected chi connectivity index (χ4v) is 3.28. The third-order valence-electron chi connectivity index (χ3n) is 4.80. The van der Waals surface area contributed by atoms with Crippen molar-refractivity contribution in [2.45, 2.75) is 70.6 Å². The lowest BCUT2D eigenvalue weighted by atomic mass is 9.99. The molecule has 1 aliphatic heterocycles. The first-order valence-corrected chi connectivity index (χ1v) is 8.40. The lowest BCUT2D eigenvalue weighted by molar-refractivity contribution is 0.136. The minimum Gasteiger partial charge on any atom is -0.310 e. The molecule has 1 N–H and O–H groups in total. The summed E-state index contributed by atoms with van der Waals surface area (Å²) in [6.07, 6.45) is 8.21. The third kappa shape index (κ3) is 3.83. The maximum absolute atomic E-state index is 3.58. The smallest absolute Gasteiger partial charge is 0.0236 e. The van der Waals surface area contributed by atoms with Gasteiger partial charge >= 0.3 is 0 Å². The lowest BCUT2D eigenvalue weighted by Crippen LogP contribution is -2.38. The van der Waals surface area contributed by atoms with Crippen LogP contribution in [0.15, 0.2) is 24.3 Å². The van der Waals surface area contributed by atoms with Gasteiger partial charge < -0.3 is 5.32 Å². The van der Waals surface area contributed by atoms with E-state index in [0.717, 1.165) is 25.2 Å². The number of hydrogen-bond acceptors (Lipinski definition) is 2. The van der Waals surface area contributed by atoms with E-state index < -0.39 is 0 Å². The fourth-order valence-electron chi connectivity index (χ4n) is 3.28. The van der Waals surface area contributed by atoms with Gasteiger partial charge in [0.1, 0.15) is 0 Å². The summed E-state index contributed by atoms with van der Waals surface area (Å²) in [5.41, 5.74) is 2.90. The van der Waals surface area contributed by atoms with Crippen LogP contribution in [-0.2, 0) is 13.1 Å². The molecular weight excluding hydrogens is 244 g/mol. The van der Waals surface area contributed by atoms with Crippen LogP contribution in [0.1, 0.15) is 56.6 Å². The van der Waals surface area contributed by atoms with E-state index in [1.165, 1.54) is 56.2 Å². The summed E-state index contributed by atoms with van der Waals surface area (Å²) in [6.45, 7) is 5.78. The Morgan fingerprint density at radius 1 is 1.05 bits per heavy atom. The predicted octanol–water partition coefficient (Wildman–Crippen LogP) is 3.70. The molecule has 110 valence electrons. The standard InChI is InChI=1S/C18H28N2/c1-2-18-5-3-4-12-20(18)14-16-8-6-15(7-9-16)13-19-17-10-11-17/h6-9,17-19H,2-5,10-14H2,1H3. The summed E-state index contributed by atoms with van der Waals surface area (Å²) in [5.74, 6) is 0. The molecule has 3 rings (SSSR count). The maximum atomic E-state index is 3.58. The minimum atomic E-state index is 0.799. The van der Waals surface area contributed by atoms with Crippen molar-refractivity contribution < 1.29 is 0 Å². The van der Waals surface area contributed by atoms with Crippen molar-refractivity contribution in [3.63, 3.8) is 0 Å². The molecule has 1 aromatic rings. The van der Waals surface area contributed by atoms with Crippen molar-refractivity contribution in [3.8, 4) is 0 Å². The van der Waals surface area contributed by atoms with Crippen LogP contribution in [0.3, 0.4) is 0 Å². The Morgan fingerprint density at radius 3 is 2.50 bits per heavy atom. The molecule has 2 heteroatoms. The molecule has 0 bridgehead atoms. The zero-order valence-electron chi connectivity index (χ0n) is 12.8. The van der Waals surface area contributed by atoms with Gasteiger partial charge in [-0.1, -0.05) is 37.6 Å². The lowest BCUT2D eigenvalue weighted by Gasteiger charge is -2.35. The SMILES string of the molecule is CCC1CCCCN1Cc1ccc(CNC2CC2)cc1. The molecule has 0 radical (unpaired) electrons. The molecular formula is C18H28N2. The predicted molar refractivity (Wildman–Crippen MR) is 84.6 cm³/mol. The Bertz CT molecular complexity index is 408. The van der Waals surface area contributed by atoms with Crippen LogP contribution in [0.5, 0.6) is 0 Å². The molecule has 2 fully saturated rings. The van der Waals surface area contributed by atoms with Crippen molar-refractivity contribution in [2.24, 2.45) is 0 Å². The molecule has 1 atom stereocenters. The van der Waals surface area contributed by atoms with E-state index in [1.54, 1.807) is 0 Å². The first kappa shape index (κ1) is 14.1. The van der Waals surface area contributed by atoms with Gasteiger partial charge in [-0.3, -0.25) is 4.90 Å². The van der Waals surface area contributed by atoms with Gasteiger partial charge in [0.25, 0.3) is 0 Å². The van der Waals surface area contributed by atoms with E-state index in [2.05, 4.69) is 41.4 Å². The van der Waals surface area contributed by atoms with Crippen LogP contribution in [0, 0.1) is 0 Å². The van der Waals surface area contributed by atoms with Gasteiger partial charge in [0.15, 0.2) is 0 Å². The Balaban J connectivity index is 1.53. The first-order valence-electron chi connectivity index (χ1n) is 8.40. The number of piperidine rings is 1. The monoisotopic (exact) mass is 272 g/mol. The summed E-state index contributed by atoms with van der Waals surface area (Å²) in [4.78, 5) is 2.68. The highest BCUT2D eigenvalue weighted by atomic mass is 15.2. The average Bonchev–Trinajstić information content (AvgIpc) is 3.31. The molecule has 1 saturated heterocycles. The highest BCUT2D eigenvalue weighted by Gasteiger charge is 2.21. The number of rotatable bonds is 6. The summed E-state index contributed by atoms with van der Waals surface area (Å²) < 4.78 is 0. The molecule has 1 aliphatic carbocycles. The second-order valence-electron chi connectivity index (χ2n) is 6.50. The number of hydrogen-bond donors (Lipinski definition) is 1. The van der Waals surface area contributed by atoms with E-state index in [-0.39, 0.29) is 0 Å². The van der Waals surface area contributed by atoms with Crippen molar-refractivity contribution >= 4 is 0 Å². The number of nitrogens with one attached hydrogen (secondary N) is 1. The van der Waals surface area contributed by atoms with Crippen molar-refractivity contribution in [1.29, 1.82) is 0 Å². The van der Waals surface area contributed by atoms with Crippen molar-refractivity contribution in [1.82, 2.24) is 10.2 Å². The average molecular weight is 272 g/mol. The Hall–Kier alpha value is -0.860. The van der Waals surface area contributed by atoms with Crippen LogP contribution in [0.4, 0.5) is 0 Å². The van der Waals surface area contributed by atoms with E-state index in [1.807, 2.05) is 0 Å². The highest BCUT2D eigenvalue weighted by molar-refractivity contribution is 5.22. The molecule has 2 aliphatic rings. The highest BCUT2D eigenvalue weighted by Crippen LogP contribution is 2.22. The molecule has 1 unspecified atom stereocenters. The van der Waals surface area contributed by atoms with Crippen LogP contribution < -0.4 is 5.32 Å². The fraction of sp³-hybridized carbons (Fsp3) is 0.667. The zero-order chi connectivity index (χ0) is 13.8. The van der Waals surface area contributed by atoms with Crippen molar-refractivity contribution in [2.75, 3.05) is 6.54 Å². The Morgan fingerprint density at radius 2 is 1.80 bits per heavy atom. The second kappa shape index (κ2) is 6.73. The minimum absolute atomic E-state index is 0.799. The Kier molecular flexibility index (Phi) is 4.74. The second-order valence-corrected chi connectivity index (χ2v) is 6.50. The van der Waals surface area contributed by atoms with E-state index >= 15 is 0 Å². The maximum Gasteiger partial charge on any atom is 0.0236 e. The molecule has 20 heavy (non-hydrogen) atoms. The summed E-state index contributed by atoms with van der Waals surface area (Å²) in [7, 11) is 0. The van der Waals surface area contributed by atoms with E-state index in [9.17, 15) is 0 Å². The topological polar surface area (TPSA) is 15.3 Å². The van der Waals surface area contributed by atoms with Gasteiger partial charge in [0.2, 0.25) is 0 Å². The van der Waals surface area contributed by atoms with Crippen LogP contribution >= 0.6 is 0 Å². The summed E-state index contributed by atoms with van der Waals surface area (Å²) in [6, 6.07) is 10.9. The third-order valence-corrected chi connectivity index (χ3v) is 4.80. The molecule has 0 aromatic heterocycles. The summed E-state index contributed by atoms with van der Waals surface area (Å²) in [5, 5.41) is 3.58. The van der Waals surface area contributed by atoms with Crippen LogP contribution in [0.25, 0.3) is 0 Å². The largest absolute Gasteiger partial charge is 0.310 e. The summed E-state index contributed by atoms with van der Waals surface area (Å²) >= 11 is 0. The van der Waals surface area contributed by atoms with Gasteiger partial charge in [-0.2, -0.15) is 0 Å². The van der Waals surface area contributed by atoms with Gasteiger partial charge in [0, 0.05) is 25.2 Å². The van der Waals surface area contributed by atoms with Gasteiger partial charge in [-0.25, -0.2) is 0 Å². The van der Waals surface area contributed by atoms with Crippen LogP contribution in [-0.4, -0.2) is 23.5 Å². The molecule has 1 saturated carbocycles. The number of benzene rings is 1. The van der Waals surface area contributed by atoms with Gasteiger partial charge in [-0.15, -0.1) is 0 Å². The molecule has 1 heterocycles. The molecule has 0 spiro atoms. The zero-order valence-corrected chi connectivity index (χ0v) is 12.8. The van der Waals surface area contributed by atoms with Crippen LogP contribution in [0.2, 0.25) is 0 Å². The Labute approximate surface area is 123 Å². The number of likely N-dealkylation sites (tertiary alicyclic amines) is 1. The normalized spacial score (nSPS) is 23.9. The quantitative estimate of drug-likeness (QED) is 0.849. The van der Waals surface area contributed by atoms with Crippen molar-refractivity contribution in [3.05, 3.63) is 35.4 Å². The first-order chi connectivity index (χ1) is 9.85. The molecule has 1 aromatic carbocycles. The van der Waals surface area contributed by atoms with E-state index in [0.29, 0.717) is 0 Å². The number of nitrogens with zero attached hydrogens (tertiary/aromatic N) is 1.